The average Bonchev–Trinajstić information content (AvgIpc) is 1.58. The number of aromatic nitrogens is 5. The summed E-state index contributed by atoms with van der Waals surface area (Å²) in [5.74, 6) is 6.53. The maximum atomic E-state index is 12.4. The topological polar surface area (TPSA) is 194 Å². The van der Waals surface area contributed by atoms with Crippen LogP contribution in [0.3, 0.4) is 0 Å². The number of halogens is 6. The van der Waals surface area contributed by atoms with Crippen LogP contribution >= 0.6 is 103 Å². The van der Waals surface area contributed by atoms with E-state index < -0.39 is 11.5 Å². The second-order valence-electron chi connectivity index (χ2n) is 29.6. The molecular weight excluding hydrogens is 1850 g/mol. The molecule has 3 N–H and O–H groups in total. The number of nitrogens with zero attached hydrogens (tertiary/aromatic N) is 12. The number of piperazine rings is 5. The van der Waals surface area contributed by atoms with Gasteiger partial charge in [-0.05, 0) is 257 Å². The molecule has 570 valence electrons. The molecule has 12 saturated heterocycles. The Morgan fingerprint density at radius 1 is 0.529 bits per heavy atom. The first-order valence-electron chi connectivity index (χ1n) is 35.5. The van der Waals surface area contributed by atoms with Gasteiger partial charge < -0.3 is 54.5 Å². The highest BCUT2D eigenvalue weighted by Gasteiger charge is 2.48. The number of carbonyl (C=O) groups is 2. The normalized spacial score (nSPS) is 26.0. The third kappa shape index (κ3) is 25.4. The molecule has 10 bridgehead atoms. The van der Waals surface area contributed by atoms with Crippen molar-refractivity contribution in [2.24, 2.45) is 0 Å². The lowest BCUT2D eigenvalue weighted by atomic mass is 10.1. The van der Waals surface area contributed by atoms with Crippen molar-refractivity contribution in [3.05, 3.63) is 117 Å². The van der Waals surface area contributed by atoms with E-state index in [-0.39, 0.29) is 43.6 Å². The van der Waals surface area contributed by atoms with Gasteiger partial charge >= 0.3 is 6.09 Å². The number of nitrogens with one attached hydrogen (secondary N) is 3. The van der Waals surface area contributed by atoms with Gasteiger partial charge in [-0.25, -0.2) is 29.7 Å². The fourth-order valence-corrected chi connectivity index (χ4v) is 16.7. The Balaban J connectivity index is 0.000000157. The minimum absolute atomic E-state index is 0. The van der Waals surface area contributed by atoms with E-state index in [9.17, 15) is 14.0 Å². The highest BCUT2D eigenvalue weighted by molar-refractivity contribution is 14.1. The van der Waals surface area contributed by atoms with Gasteiger partial charge in [0.25, 0.3) is 6.47 Å². The molecule has 104 heavy (non-hydrogen) atoms. The van der Waals surface area contributed by atoms with Crippen molar-refractivity contribution in [3.63, 3.8) is 0 Å². The lowest BCUT2D eigenvalue weighted by Crippen LogP contribution is -2.62. The first-order valence-corrected chi connectivity index (χ1v) is 42.5. The average molecular weight is 1960 g/mol. The van der Waals surface area contributed by atoms with Crippen molar-refractivity contribution in [1.29, 1.82) is 0 Å². The SMILES string of the molecule is C.C#Cc1ccc(N2CC3CCC(C2)N3C2COC2)nc1.C1CC2CNCC1N2.CC(C)(C)OC(=O)N1C2CCC1CN(c1ccc(I)cn1)C2.CC(C)(C)OC=O.Cl.Fc1ccc(I)cn1.Ic1ccc(N2CC3CCC(C2)N3)nc1.Ic1ccc(N2CC3CCC(C2)N3C2COC2)nc1.S=S=S. The number of fused-ring (bicyclic) bond motifs is 10. The molecule has 17 heterocycles. The predicted molar refractivity (Wildman–Crippen MR) is 456 cm³/mol. The number of hydrogen-bond acceptors (Lipinski definition) is 22. The Morgan fingerprint density at radius 3 is 1.16 bits per heavy atom. The van der Waals surface area contributed by atoms with Crippen LogP contribution in [0.1, 0.15) is 119 Å². The van der Waals surface area contributed by atoms with Crippen LogP contribution in [-0.4, -0.2) is 228 Å². The van der Waals surface area contributed by atoms with Gasteiger partial charge in [0.2, 0.25) is 5.95 Å². The summed E-state index contributed by atoms with van der Waals surface area (Å²) in [6.45, 7) is 26.1. The number of anilines is 4. The Morgan fingerprint density at radius 2 is 0.875 bits per heavy atom. The van der Waals surface area contributed by atoms with Gasteiger partial charge in [-0.2, -0.15) is 4.39 Å². The Labute approximate surface area is 689 Å². The van der Waals surface area contributed by atoms with E-state index in [2.05, 4.69) is 236 Å². The first kappa shape index (κ1) is 86.4. The monoisotopic (exact) mass is 1960 g/mol. The molecule has 0 aliphatic carbocycles. The van der Waals surface area contributed by atoms with E-state index in [0.717, 1.165) is 149 Å². The summed E-state index contributed by atoms with van der Waals surface area (Å²) >= 11 is 17.2. The second-order valence-corrected chi connectivity index (χ2v) is 36.4. The van der Waals surface area contributed by atoms with Gasteiger partial charge in [0.05, 0.1) is 50.6 Å². The minimum atomic E-state index is -0.439. The summed E-state index contributed by atoms with van der Waals surface area (Å²) in [5, 5.41) is 10.5. The van der Waals surface area contributed by atoms with Gasteiger partial charge in [0, 0.05) is 196 Å². The quantitative estimate of drug-likeness (QED) is 0.0602. The van der Waals surface area contributed by atoms with Gasteiger partial charge in [-0.1, -0.05) is 13.3 Å². The fraction of sp³-hybridized carbons (Fsp3) is 0.608. The summed E-state index contributed by atoms with van der Waals surface area (Å²) in [4.78, 5) is 60.5. The van der Waals surface area contributed by atoms with E-state index in [0.29, 0.717) is 54.8 Å². The van der Waals surface area contributed by atoms with E-state index >= 15 is 0 Å². The fourth-order valence-electron chi connectivity index (χ4n) is 15.4. The molecule has 12 aliphatic rings. The maximum Gasteiger partial charge on any atom is 0.410 e. The second kappa shape index (κ2) is 41.7. The third-order valence-electron chi connectivity index (χ3n) is 20.0. The molecule has 0 aromatic carbocycles. The summed E-state index contributed by atoms with van der Waals surface area (Å²) < 4.78 is 37.3. The molecule has 10 unspecified atom stereocenters. The Bertz CT molecular complexity index is 3450. The van der Waals surface area contributed by atoms with E-state index in [1.807, 2.05) is 71.1 Å². The maximum absolute atomic E-state index is 12.4. The summed E-state index contributed by atoms with van der Waals surface area (Å²) in [6, 6.07) is 27.3. The summed E-state index contributed by atoms with van der Waals surface area (Å²) in [5.41, 5.74) is 0.0922. The lowest BCUT2D eigenvalue weighted by molar-refractivity contribution is -0.138. The molecule has 12 aliphatic heterocycles. The molecule has 0 saturated carbocycles. The van der Waals surface area contributed by atoms with Gasteiger partial charge in [-0.3, -0.25) is 19.5 Å². The largest absolute Gasteiger partial charge is 0.462 e. The molecule has 5 aromatic heterocycles. The minimum Gasteiger partial charge on any atom is -0.462 e. The molecule has 1 amide bonds. The van der Waals surface area contributed by atoms with Crippen molar-refractivity contribution in [3.8, 4) is 12.3 Å². The zero-order valence-electron chi connectivity index (χ0n) is 59.6. The molecule has 30 heteroatoms. The molecule has 10 atom stereocenters. The number of carbonyl (C=O) groups excluding carboxylic acids is 2. The van der Waals surface area contributed by atoms with Crippen LogP contribution in [-0.2, 0) is 55.0 Å². The smallest absolute Gasteiger partial charge is 0.410 e. The highest BCUT2D eigenvalue weighted by Crippen LogP contribution is 2.38. The van der Waals surface area contributed by atoms with Gasteiger partial charge in [0.1, 0.15) is 34.5 Å². The molecule has 17 rings (SSSR count). The summed E-state index contributed by atoms with van der Waals surface area (Å²) in [7, 11) is 0.917. The molecule has 5 aromatic rings. The van der Waals surface area contributed by atoms with Gasteiger partial charge in [-0.15, -0.1) is 18.8 Å². The van der Waals surface area contributed by atoms with Crippen LogP contribution in [0.15, 0.2) is 91.6 Å². The Kier molecular flexibility index (Phi) is 34.6. The van der Waals surface area contributed by atoms with Crippen molar-refractivity contribution in [2.45, 2.75) is 197 Å². The van der Waals surface area contributed by atoms with Crippen molar-refractivity contribution in [2.75, 3.05) is 111 Å². The number of amides is 1. The van der Waals surface area contributed by atoms with Crippen LogP contribution in [0, 0.1) is 32.6 Å². The lowest BCUT2D eigenvalue weighted by Gasteiger charge is -2.47. The van der Waals surface area contributed by atoms with Crippen molar-refractivity contribution >= 4 is 170 Å². The Hall–Kier alpha value is -3.23. The highest BCUT2D eigenvalue weighted by atomic mass is 127. The van der Waals surface area contributed by atoms with Crippen LogP contribution in [0.25, 0.3) is 0 Å². The van der Waals surface area contributed by atoms with Crippen LogP contribution in [0.2, 0.25) is 0 Å². The predicted octanol–water partition coefficient (Wildman–Crippen LogP) is 11.3. The van der Waals surface area contributed by atoms with Crippen LogP contribution in [0.5, 0.6) is 0 Å². The molecule has 21 nitrogen and oxygen atoms in total. The van der Waals surface area contributed by atoms with Crippen LogP contribution in [0.4, 0.5) is 32.5 Å². The molecule has 12 fully saturated rings. The number of terminal acetylenes is 1. The third-order valence-corrected chi connectivity index (χ3v) is 22.6. The number of hydrogen-bond donors (Lipinski definition) is 3. The number of rotatable bonds is 7. The van der Waals surface area contributed by atoms with Crippen molar-refractivity contribution < 1.29 is 32.9 Å². The standard InChI is InChI=1S/C16H22IN3O2.C16H19N3O.C14H18IN3O.C11H14IN3.C6H12N2.C5H3FIN.C5H10O2.CH4.ClH.S3/c1-16(2,3)22-15(21)20-12-5-6-13(20)10-19(9-12)14-7-4-11(17)8-18-14;1-2-12-3-6-16(17-7-12)18-8-13-4-5-14(9-18)19(13)15-10-20-11-15;15-10-1-4-14(16-5-10)17-6-11-2-3-12(7-17)18(11)13-8-19-9-13;12-8-1-4-11(13-5-8)15-6-9-2-3-10(7-15)14-9;1-2-6-4-7-3-5(1)8-6;6-5-2-1-4(7)3-8-5;1-5(2,3)7-4-6;;;1-3-2/h4,7-8,12-13H,5-6,9-10H2,1-3H3;1,3,6-7,13-15H,4-5,8-11H2;1,4-5,11-13H,2-3,6-9H2;1,4-5,9-10,14H,2-3,6-7H2;5-8H,1-4H2;1-3H;4H,1-3H3;1H4;1H;. The zero-order valence-corrected chi connectivity index (χ0v) is 71.4. The first-order chi connectivity index (χ1) is 49.0. The zero-order chi connectivity index (χ0) is 72.5. The van der Waals surface area contributed by atoms with Crippen LogP contribution < -0.4 is 35.6 Å². The van der Waals surface area contributed by atoms with Gasteiger partial charge in [0.15, 0.2) is 0 Å². The molecular formula is C74H103ClFI4N15O6S3. The number of pyridine rings is 5. The van der Waals surface area contributed by atoms with E-state index in [1.54, 1.807) is 12.3 Å². The van der Waals surface area contributed by atoms with Crippen molar-refractivity contribution in [1.82, 2.24) is 55.6 Å². The summed E-state index contributed by atoms with van der Waals surface area (Å²) in [6.07, 6.45) is 27.1. The molecule has 0 radical (unpaired) electrons. The number of ether oxygens (including phenoxy) is 4. The van der Waals surface area contributed by atoms with E-state index in [4.69, 9.17) is 20.6 Å². The van der Waals surface area contributed by atoms with E-state index in [1.165, 1.54) is 83.9 Å². The molecule has 0 spiro atoms.